The van der Waals surface area contributed by atoms with Crippen molar-refractivity contribution in [1.29, 1.82) is 0 Å². The first-order valence-corrected chi connectivity index (χ1v) is 7.74. The van der Waals surface area contributed by atoms with Crippen molar-refractivity contribution < 1.29 is 4.74 Å². The van der Waals surface area contributed by atoms with Gasteiger partial charge in [0.1, 0.15) is 5.82 Å². The second kappa shape index (κ2) is 6.05. The second-order valence-electron chi connectivity index (χ2n) is 4.57. The number of hydrogen-bond acceptors (Lipinski definition) is 4. The number of H-pyrrole nitrogens is 1. The molecule has 0 radical (unpaired) electrons. The van der Waals surface area contributed by atoms with Gasteiger partial charge in [0.25, 0.3) is 0 Å². The molecule has 3 aromatic rings. The Morgan fingerprint density at radius 2 is 2.15 bits per heavy atom. The van der Waals surface area contributed by atoms with Crippen molar-refractivity contribution in [2.24, 2.45) is 0 Å². The van der Waals surface area contributed by atoms with Crippen LogP contribution in [0.2, 0.25) is 0 Å². The number of imidazole rings is 1. The van der Waals surface area contributed by atoms with Gasteiger partial charge in [0, 0.05) is 17.4 Å². The highest BCUT2D eigenvalue weighted by molar-refractivity contribution is 7.09. The van der Waals surface area contributed by atoms with Gasteiger partial charge in [-0.05, 0) is 37.3 Å². The van der Waals surface area contributed by atoms with Crippen molar-refractivity contribution in [3.63, 3.8) is 0 Å². The van der Waals surface area contributed by atoms with E-state index in [0.29, 0.717) is 12.5 Å². The zero-order chi connectivity index (χ0) is 13.8. The highest BCUT2D eigenvalue weighted by Gasteiger charge is 2.06. The van der Waals surface area contributed by atoms with Gasteiger partial charge in [-0.25, -0.2) is 4.98 Å². The summed E-state index contributed by atoms with van der Waals surface area (Å²) in [5.41, 5.74) is 1.71. The monoisotopic (exact) mass is 287 g/mol. The van der Waals surface area contributed by atoms with Gasteiger partial charge in [0.15, 0.2) is 5.65 Å². The van der Waals surface area contributed by atoms with Gasteiger partial charge < -0.3 is 9.72 Å². The Morgan fingerprint density at radius 1 is 1.20 bits per heavy atom. The highest BCUT2D eigenvalue weighted by atomic mass is 32.1. The summed E-state index contributed by atoms with van der Waals surface area (Å²) < 4.78 is 5.39. The first kappa shape index (κ1) is 13.1. The fraction of sp³-hybridized carbons (Fsp3) is 0.333. The molecule has 1 N–H and O–H groups in total. The first-order chi connectivity index (χ1) is 9.85. The summed E-state index contributed by atoms with van der Waals surface area (Å²) in [4.78, 5) is 13.7. The van der Waals surface area contributed by atoms with Crippen LogP contribution < -0.4 is 4.74 Å². The molecule has 0 fully saturated rings. The Morgan fingerprint density at radius 3 is 2.95 bits per heavy atom. The second-order valence-corrected chi connectivity index (χ2v) is 5.60. The normalized spacial score (nSPS) is 11.1. The van der Waals surface area contributed by atoms with E-state index in [9.17, 15) is 0 Å². The van der Waals surface area contributed by atoms with Crippen molar-refractivity contribution in [2.75, 3.05) is 6.61 Å². The largest absolute Gasteiger partial charge is 0.478 e. The lowest BCUT2D eigenvalue weighted by Crippen LogP contribution is -1.93. The zero-order valence-corrected chi connectivity index (χ0v) is 12.2. The average molecular weight is 287 g/mol. The number of hydrogen-bond donors (Lipinski definition) is 1. The summed E-state index contributed by atoms with van der Waals surface area (Å²) in [5, 5.41) is 2.12. The molecule has 0 amide bonds. The third kappa shape index (κ3) is 2.99. The number of rotatable bonds is 6. The van der Waals surface area contributed by atoms with Crippen LogP contribution in [0.25, 0.3) is 11.2 Å². The number of aryl methyl sites for hydroxylation is 2. The zero-order valence-electron chi connectivity index (χ0n) is 11.4. The van der Waals surface area contributed by atoms with Gasteiger partial charge in [0.05, 0.1) is 12.1 Å². The first-order valence-electron chi connectivity index (χ1n) is 6.86. The fourth-order valence-electron chi connectivity index (χ4n) is 2.16. The number of pyridine rings is 1. The van der Waals surface area contributed by atoms with Crippen LogP contribution in [-0.2, 0) is 12.8 Å². The van der Waals surface area contributed by atoms with Crippen LogP contribution in [-0.4, -0.2) is 21.6 Å². The molecular weight excluding hydrogens is 270 g/mol. The Hall–Kier alpha value is -1.88. The molecule has 0 aliphatic rings. The molecule has 0 saturated heterocycles. The minimum Gasteiger partial charge on any atom is -0.478 e. The molecule has 20 heavy (non-hydrogen) atoms. The molecule has 0 atom stereocenters. The molecule has 0 aliphatic carbocycles. The Labute approximate surface area is 121 Å². The van der Waals surface area contributed by atoms with Crippen LogP contribution in [0.1, 0.15) is 24.0 Å². The predicted octanol–water partition coefficient (Wildman–Crippen LogP) is 3.59. The Bertz CT molecular complexity index is 676. The van der Waals surface area contributed by atoms with E-state index in [0.717, 1.165) is 36.3 Å². The molecule has 3 aromatic heterocycles. The van der Waals surface area contributed by atoms with Crippen LogP contribution in [0.5, 0.6) is 5.88 Å². The molecule has 4 nitrogen and oxygen atoms in total. The lowest BCUT2D eigenvalue weighted by atomic mass is 10.2. The maximum absolute atomic E-state index is 5.39. The van der Waals surface area contributed by atoms with E-state index in [1.165, 1.54) is 4.88 Å². The number of aromatic nitrogens is 3. The molecule has 3 heterocycles. The summed E-state index contributed by atoms with van der Waals surface area (Å²) >= 11 is 1.81. The molecule has 0 aliphatic heterocycles. The van der Waals surface area contributed by atoms with Crippen LogP contribution in [0.3, 0.4) is 0 Å². The maximum atomic E-state index is 5.39. The van der Waals surface area contributed by atoms with Crippen molar-refractivity contribution in [3.05, 3.63) is 40.3 Å². The van der Waals surface area contributed by atoms with Gasteiger partial charge in [-0.2, -0.15) is 4.98 Å². The average Bonchev–Trinajstić information content (AvgIpc) is 3.07. The quantitative estimate of drug-likeness (QED) is 0.753. The third-order valence-corrected chi connectivity index (χ3v) is 4.01. The minimum atomic E-state index is 0.622. The number of nitrogens with one attached hydrogen (secondary N) is 1. The van der Waals surface area contributed by atoms with Crippen LogP contribution in [0.4, 0.5) is 0 Å². The Balaban J connectivity index is 1.66. The van der Waals surface area contributed by atoms with E-state index >= 15 is 0 Å². The van der Waals surface area contributed by atoms with E-state index in [1.807, 2.05) is 30.4 Å². The van der Waals surface area contributed by atoms with Gasteiger partial charge in [0.2, 0.25) is 5.88 Å². The summed E-state index contributed by atoms with van der Waals surface area (Å²) in [5.74, 6) is 1.63. The lowest BCUT2D eigenvalue weighted by Gasteiger charge is -1.99. The predicted molar refractivity (Wildman–Crippen MR) is 81.4 cm³/mol. The van der Waals surface area contributed by atoms with Crippen LogP contribution in [0, 0.1) is 0 Å². The molecule has 0 unspecified atom stereocenters. The molecule has 0 saturated carbocycles. The van der Waals surface area contributed by atoms with Crippen molar-refractivity contribution in [1.82, 2.24) is 15.0 Å². The van der Waals surface area contributed by atoms with Crippen molar-refractivity contribution in [2.45, 2.75) is 26.2 Å². The molecule has 0 spiro atoms. The highest BCUT2D eigenvalue weighted by Crippen LogP contribution is 2.16. The van der Waals surface area contributed by atoms with Gasteiger partial charge in [-0.3, -0.25) is 0 Å². The number of fused-ring (bicyclic) bond motifs is 1. The summed E-state index contributed by atoms with van der Waals surface area (Å²) in [6, 6.07) is 8.13. The van der Waals surface area contributed by atoms with Crippen LogP contribution >= 0.6 is 11.3 Å². The van der Waals surface area contributed by atoms with E-state index < -0.39 is 0 Å². The smallest absolute Gasteiger partial charge is 0.215 e. The number of thiophene rings is 1. The molecule has 0 bridgehead atoms. The molecule has 5 heteroatoms. The standard InChI is InChI=1S/C15H17N3OS/c1-2-19-14-9-8-12-15(18-14)17-13(16-12)7-3-5-11-6-4-10-20-11/h4,6,8-10H,2-3,5,7H2,1H3,(H,16,17,18). The summed E-state index contributed by atoms with van der Waals surface area (Å²) in [6.45, 7) is 2.57. The summed E-state index contributed by atoms with van der Waals surface area (Å²) in [7, 11) is 0. The number of aromatic amines is 1. The maximum Gasteiger partial charge on any atom is 0.215 e. The van der Waals surface area contributed by atoms with Gasteiger partial charge >= 0.3 is 0 Å². The SMILES string of the molecule is CCOc1ccc2[nH]c(CCCc3cccs3)nc2n1. The lowest BCUT2D eigenvalue weighted by molar-refractivity contribution is 0.328. The number of ether oxygens (including phenoxy) is 1. The fourth-order valence-corrected chi connectivity index (χ4v) is 2.91. The van der Waals surface area contributed by atoms with E-state index in [4.69, 9.17) is 4.74 Å². The van der Waals surface area contributed by atoms with Gasteiger partial charge in [-0.15, -0.1) is 11.3 Å². The topological polar surface area (TPSA) is 50.8 Å². The molecule has 3 rings (SSSR count). The molecule has 0 aromatic carbocycles. The van der Waals surface area contributed by atoms with E-state index in [1.54, 1.807) is 0 Å². The third-order valence-electron chi connectivity index (χ3n) is 3.08. The summed E-state index contributed by atoms with van der Waals surface area (Å²) in [6.07, 6.45) is 3.14. The van der Waals surface area contributed by atoms with Crippen LogP contribution in [0.15, 0.2) is 29.6 Å². The number of nitrogens with zero attached hydrogens (tertiary/aromatic N) is 2. The van der Waals surface area contributed by atoms with E-state index in [2.05, 4.69) is 32.5 Å². The van der Waals surface area contributed by atoms with Crippen molar-refractivity contribution in [3.8, 4) is 5.88 Å². The molecular formula is C15H17N3OS. The van der Waals surface area contributed by atoms with E-state index in [-0.39, 0.29) is 0 Å². The molecule has 104 valence electrons. The minimum absolute atomic E-state index is 0.622. The van der Waals surface area contributed by atoms with Gasteiger partial charge in [-0.1, -0.05) is 6.07 Å². The van der Waals surface area contributed by atoms with Crippen molar-refractivity contribution >= 4 is 22.5 Å². The Kier molecular flexibility index (Phi) is 3.97.